The SMILES string of the molecule is O=C1NC(=O)C(=Cc2cccc(OS(=O)(=O)c3ccccc3[N+](=O)[O-])c2)C(=O)N1. The molecule has 3 rings (SSSR count). The number of hydrogen-bond acceptors (Lipinski definition) is 8. The molecule has 2 aromatic carbocycles. The second-order valence-corrected chi connectivity index (χ2v) is 7.14. The van der Waals surface area contributed by atoms with Crippen molar-refractivity contribution in [2.24, 2.45) is 0 Å². The van der Waals surface area contributed by atoms with Crippen LogP contribution >= 0.6 is 0 Å². The van der Waals surface area contributed by atoms with Crippen molar-refractivity contribution in [3.8, 4) is 5.75 Å². The molecule has 12 heteroatoms. The van der Waals surface area contributed by atoms with Crippen molar-refractivity contribution in [3.05, 3.63) is 69.8 Å². The molecule has 0 spiro atoms. The Morgan fingerprint density at radius 1 is 0.966 bits per heavy atom. The third-order valence-corrected chi connectivity index (χ3v) is 4.95. The van der Waals surface area contributed by atoms with Crippen molar-refractivity contribution in [2.75, 3.05) is 0 Å². The fraction of sp³-hybridized carbons (Fsp3) is 0. The fourth-order valence-electron chi connectivity index (χ4n) is 2.42. The minimum absolute atomic E-state index is 0.204. The first kappa shape index (κ1) is 19.7. The van der Waals surface area contributed by atoms with Gasteiger partial charge in [0.25, 0.3) is 17.5 Å². The monoisotopic (exact) mass is 417 g/mol. The van der Waals surface area contributed by atoms with Gasteiger partial charge in [-0.15, -0.1) is 0 Å². The van der Waals surface area contributed by atoms with Crippen LogP contribution in [-0.4, -0.2) is 31.2 Å². The van der Waals surface area contributed by atoms with Gasteiger partial charge in [0.2, 0.25) is 0 Å². The molecule has 0 aromatic heterocycles. The van der Waals surface area contributed by atoms with E-state index in [-0.39, 0.29) is 16.9 Å². The van der Waals surface area contributed by atoms with Gasteiger partial charge < -0.3 is 4.18 Å². The lowest BCUT2D eigenvalue weighted by molar-refractivity contribution is -0.387. The zero-order chi connectivity index (χ0) is 21.2. The summed E-state index contributed by atoms with van der Waals surface area (Å²) in [5, 5.41) is 14.9. The summed E-state index contributed by atoms with van der Waals surface area (Å²) < 4.78 is 29.9. The lowest BCUT2D eigenvalue weighted by atomic mass is 10.1. The number of nitrogens with one attached hydrogen (secondary N) is 2. The van der Waals surface area contributed by atoms with E-state index in [1.165, 1.54) is 36.4 Å². The molecular weight excluding hydrogens is 406 g/mol. The summed E-state index contributed by atoms with van der Waals surface area (Å²) in [6.45, 7) is 0. The molecule has 1 saturated heterocycles. The molecule has 0 unspecified atom stereocenters. The maximum Gasteiger partial charge on any atom is 0.346 e. The molecule has 0 aliphatic carbocycles. The van der Waals surface area contributed by atoms with Crippen LogP contribution in [0.3, 0.4) is 0 Å². The van der Waals surface area contributed by atoms with Gasteiger partial charge in [-0.2, -0.15) is 8.42 Å². The number of urea groups is 1. The van der Waals surface area contributed by atoms with Gasteiger partial charge in [0.15, 0.2) is 4.90 Å². The van der Waals surface area contributed by atoms with Gasteiger partial charge >= 0.3 is 16.1 Å². The molecule has 0 saturated carbocycles. The number of amides is 4. The molecule has 1 aliphatic heterocycles. The average molecular weight is 417 g/mol. The molecule has 0 atom stereocenters. The molecule has 29 heavy (non-hydrogen) atoms. The number of carbonyl (C=O) groups is 3. The van der Waals surface area contributed by atoms with Gasteiger partial charge in [0.1, 0.15) is 11.3 Å². The molecular formula is C17H11N3O8S. The van der Waals surface area contributed by atoms with Crippen molar-refractivity contribution in [1.29, 1.82) is 0 Å². The van der Waals surface area contributed by atoms with Crippen LogP contribution in [0.15, 0.2) is 59.0 Å². The fourth-order valence-corrected chi connectivity index (χ4v) is 3.51. The van der Waals surface area contributed by atoms with Crippen molar-refractivity contribution in [1.82, 2.24) is 10.6 Å². The Labute approximate surface area is 163 Å². The van der Waals surface area contributed by atoms with Gasteiger partial charge in [-0.1, -0.05) is 24.3 Å². The predicted octanol–water partition coefficient (Wildman–Crippen LogP) is 1.11. The normalized spacial score (nSPS) is 14.1. The van der Waals surface area contributed by atoms with Gasteiger partial charge in [0.05, 0.1) is 4.92 Å². The number of barbiturate groups is 1. The lowest BCUT2D eigenvalue weighted by Crippen LogP contribution is -2.51. The molecule has 0 bridgehead atoms. The molecule has 1 fully saturated rings. The van der Waals surface area contributed by atoms with Crippen molar-refractivity contribution in [2.45, 2.75) is 4.90 Å². The third-order valence-electron chi connectivity index (χ3n) is 3.65. The summed E-state index contributed by atoms with van der Waals surface area (Å²) in [6.07, 6.45) is 1.13. The lowest BCUT2D eigenvalue weighted by Gasteiger charge is -2.14. The first-order chi connectivity index (χ1) is 13.7. The summed E-state index contributed by atoms with van der Waals surface area (Å²) in [6, 6.07) is 9.06. The van der Waals surface area contributed by atoms with Crippen LogP contribution in [0.25, 0.3) is 6.08 Å². The molecule has 1 aliphatic rings. The average Bonchev–Trinajstić information content (AvgIpc) is 2.64. The summed E-state index contributed by atoms with van der Waals surface area (Å²) in [5.41, 5.74) is -0.802. The van der Waals surface area contributed by atoms with E-state index in [0.717, 1.165) is 18.2 Å². The number of nitro benzene ring substituents is 1. The second kappa shape index (κ2) is 7.52. The van der Waals surface area contributed by atoms with E-state index in [2.05, 4.69) is 0 Å². The quantitative estimate of drug-likeness (QED) is 0.240. The molecule has 148 valence electrons. The van der Waals surface area contributed by atoms with Crippen molar-refractivity contribution in [3.63, 3.8) is 0 Å². The number of hydrogen-bond donors (Lipinski definition) is 2. The van der Waals surface area contributed by atoms with E-state index in [4.69, 9.17) is 4.18 Å². The number of carbonyl (C=O) groups excluding carboxylic acids is 3. The zero-order valence-corrected chi connectivity index (χ0v) is 15.1. The molecule has 0 radical (unpaired) electrons. The van der Waals surface area contributed by atoms with Gasteiger partial charge in [-0.05, 0) is 29.8 Å². The molecule has 11 nitrogen and oxygen atoms in total. The Kier molecular flexibility index (Phi) is 5.10. The van der Waals surface area contributed by atoms with Gasteiger partial charge in [-0.3, -0.25) is 30.3 Å². The first-order valence-corrected chi connectivity index (χ1v) is 9.24. The van der Waals surface area contributed by atoms with E-state index >= 15 is 0 Å². The highest BCUT2D eigenvalue weighted by Crippen LogP contribution is 2.27. The molecule has 2 N–H and O–H groups in total. The Balaban J connectivity index is 1.92. The van der Waals surface area contributed by atoms with Crippen molar-refractivity contribution >= 4 is 39.7 Å². The second-order valence-electron chi connectivity index (χ2n) is 5.63. The smallest absolute Gasteiger partial charge is 0.346 e. The van der Waals surface area contributed by atoms with Crippen LogP contribution in [-0.2, 0) is 19.7 Å². The molecule has 4 amide bonds. The topological polar surface area (TPSA) is 162 Å². The Bertz CT molecular complexity index is 1160. The predicted molar refractivity (Wildman–Crippen MR) is 97.0 cm³/mol. The highest BCUT2D eigenvalue weighted by molar-refractivity contribution is 7.87. The summed E-state index contributed by atoms with van der Waals surface area (Å²) in [4.78, 5) is 44.2. The van der Waals surface area contributed by atoms with E-state index in [1.54, 1.807) is 0 Å². The largest absolute Gasteiger partial charge is 0.379 e. The zero-order valence-electron chi connectivity index (χ0n) is 14.3. The van der Waals surface area contributed by atoms with Crippen LogP contribution in [0.1, 0.15) is 5.56 Å². The summed E-state index contributed by atoms with van der Waals surface area (Å²) >= 11 is 0. The maximum absolute atomic E-state index is 12.5. The Hall–Kier alpha value is -4.06. The van der Waals surface area contributed by atoms with Gasteiger partial charge in [-0.25, -0.2) is 4.79 Å². The molecule has 1 heterocycles. The first-order valence-electron chi connectivity index (χ1n) is 7.84. The maximum atomic E-state index is 12.5. The Morgan fingerprint density at radius 2 is 1.62 bits per heavy atom. The number of nitrogens with zero attached hydrogens (tertiary/aromatic N) is 1. The van der Waals surface area contributed by atoms with Crippen molar-refractivity contribution < 1.29 is 31.9 Å². The minimum atomic E-state index is -4.53. The minimum Gasteiger partial charge on any atom is -0.379 e. The highest BCUT2D eigenvalue weighted by Gasteiger charge is 2.29. The standard InChI is InChI=1S/C17H11N3O8S/c21-15-12(16(22)19-17(23)18-15)9-10-4-3-5-11(8-10)28-29(26,27)14-7-2-1-6-13(14)20(24)25/h1-9H,(H2,18,19,21,22,23). The Morgan fingerprint density at radius 3 is 2.28 bits per heavy atom. The van der Waals surface area contributed by atoms with E-state index in [9.17, 15) is 32.9 Å². The van der Waals surface area contributed by atoms with E-state index in [0.29, 0.717) is 0 Å². The highest BCUT2D eigenvalue weighted by atomic mass is 32.2. The summed E-state index contributed by atoms with van der Waals surface area (Å²) in [7, 11) is -4.53. The van der Waals surface area contributed by atoms with Crippen LogP contribution < -0.4 is 14.8 Å². The van der Waals surface area contributed by atoms with Gasteiger partial charge in [0, 0.05) is 6.07 Å². The number of benzene rings is 2. The number of imide groups is 2. The van der Waals surface area contributed by atoms with E-state index < -0.39 is 43.5 Å². The third kappa shape index (κ3) is 4.27. The van der Waals surface area contributed by atoms with Crippen LogP contribution in [0.4, 0.5) is 10.5 Å². The summed E-state index contributed by atoms with van der Waals surface area (Å²) in [5.74, 6) is -2.04. The molecule has 2 aromatic rings. The number of para-hydroxylation sites is 1. The number of nitro groups is 1. The van der Waals surface area contributed by atoms with Crippen LogP contribution in [0, 0.1) is 10.1 Å². The van der Waals surface area contributed by atoms with Crippen LogP contribution in [0.2, 0.25) is 0 Å². The van der Waals surface area contributed by atoms with E-state index in [1.807, 2.05) is 10.6 Å². The van der Waals surface area contributed by atoms with Crippen LogP contribution in [0.5, 0.6) is 5.75 Å². The number of rotatable bonds is 5.